The maximum Gasteiger partial charge on any atom is 0.191 e. The molecule has 0 radical (unpaired) electrons. The lowest BCUT2D eigenvalue weighted by atomic mass is 10.2. The summed E-state index contributed by atoms with van der Waals surface area (Å²) < 4.78 is 2.22. The third-order valence-electron chi connectivity index (χ3n) is 4.02. The molecule has 2 N–H and O–H groups in total. The van der Waals surface area contributed by atoms with Crippen molar-refractivity contribution in [2.45, 2.75) is 57.7 Å². The fourth-order valence-electron chi connectivity index (χ4n) is 2.96. The minimum atomic E-state index is 0.579. The number of aromatic nitrogens is 3. The van der Waals surface area contributed by atoms with Crippen molar-refractivity contribution < 1.29 is 0 Å². The van der Waals surface area contributed by atoms with Gasteiger partial charge in [0.1, 0.15) is 5.82 Å². The van der Waals surface area contributed by atoms with Crippen molar-refractivity contribution >= 4 is 5.96 Å². The van der Waals surface area contributed by atoms with Crippen LogP contribution < -0.4 is 10.6 Å². The highest BCUT2D eigenvalue weighted by molar-refractivity contribution is 5.79. The van der Waals surface area contributed by atoms with Gasteiger partial charge in [0.2, 0.25) is 0 Å². The lowest BCUT2D eigenvalue weighted by Crippen LogP contribution is -2.42. The Kier molecular flexibility index (Phi) is 3.66. The Labute approximate surface area is 113 Å². The van der Waals surface area contributed by atoms with Gasteiger partial charge in [0.05, 0.1) is 6.54 Å². The first kappa shape index (κ1) is 12.4. The Bertz CT molecular complexity index is 458. The molecule has 0 atom stereocenters. The predicted octanol–water partition coefficient (Wildman–Crippen LogP) is 0.832. The fraction of sp³-hybridized carbons (Fsp3) is 0.769. The number of aliphatic imine (C=N–C) groups is 1. The lowest BCUT2D eigenvalue weighted by Gasteiger charge is -2.16. The molecule has 1 fully saturated rings. The van der Waals surface area contributed by atoms with Gasteiger partial charge < -0.3 is 15.2 Å². The van der Waals surface area contributed by atoms with Crippen LogP contribution in [0.25, 0.3) is 0 Å². The molecule has 104 valence electrons. The molecular formula is C13H22N6. The van der Waals surface area contributed by atoms with Crippen molar-refractivity contribution in [3.8, 4) is 0 Å². The monoisotopic (exact) mass is 262 g/mol. The van der Waals surface area contributed by atoms with Crippen LogP contribution in [0.2, 0.25) is 0 Å². The number of fused-ring (bicyclic) bond motifs is 1. The van der Waals surface area contributed by atoms with E-state index in [1.807, 2.05) is 7.05 Å². The first-order chi connectivity index (χ1) is 9.36. The molecule has 0 spiro atoms. The summed E-state index contributed by atoms with van der Waals surface area (Å²) in [6.07, 6.45) is 7.40. The van der Waals surface area contributed by atoms with E-state index in [1.165, 1.54) is 32.1 Å². The van der Waals surface area contributed by atoms with E-state index >= 15 is 0 Å². The molecule has 6 nitrogen and oxygen atoms in total. The van der Waals surface area contributed by atoms with Crippen LogP contribution in [0.3, 0.4) is 0 Å². The van der Waals surface area contributed by atoms with E-state index in [4.69, 9.17) is 0 Å². The second-order valence-corrected chi connectivity index (χ2v) is 5.34. The van der Waals surface area contributed by atoms with Crippen molar-refractivity contribution in [2.24, 2.45) is 4.99 Å². The molecule has 1 aromatic heterocycles. The Morgan fingerprint density at radius 1 is 1.32 bits per heavy atom. The standard InChI is InChI=1S/C13H22N6/c1-14-13(16-10-5-2-3-6-10)15-9-12-18-17-11-7-4-8-19(11)12/h10H,2-9H2,1H3,(H2,14,15,16). The van der Waals surface area contributed by atoms with Crippen LogP contribution in [0, 0.1) is 0 Å². The molecule has 2 aliphatic rings. The number of nitrogens with zero attached hydrogens (tertiary/aromatic N) is 4. The zero-order chi connectivity index (χ0) is 13.1. The molecule has 1 aliphatic heterocycles. The Morgan fingerprint density at radius 3 is 2.95 bits per heavy atom. The normalized spacial score (nSPS) is 19.7. The van der Waals surface area contributed by atoms with E-state index in [0.29, 0.717) is 12.6 Å². The first-order valence-corrected chi connectivity index (χ1v) is 7.25. The minimum Gasteiger partial charge on any atom is -0.354 e. The number of hydrogen-bond acceptors (Lipinski definition) is 3. The second kappa shape index (κ2) is 5.59. The zero-order valence-electron chi connectivity index (χ0n) is 11.5. The highest BCUT2D eigenvalue weighted by atomic mass is 15.3. The highest BCUT2D eigenvalue weighted by Gasteiger charge is 2.18. The van der Waals surface area contributed by atoms with Crippen molar-refractivity contribution in [3.63, 3.8) is 0 Å². The van der Waals surface area contributed by atoms with Gasteiger partial charge in [-0.15, -0.1) is 10.2 Å². The SMILES string of the molecule is CN=C(NCc1nnc2n1CCC2)NC1CCCC1. The summed E-state index contributed by atoms with van der Waals surface area (Å²) in [6, 6.07) is 0.579. The summed E-state index contributed by atoms with van der Waals surface area (Å²) in [5.41, 5.74) is 0. The molecule has 2 heterocycles. The van der Waals surface area contributed by atoms with Crippen LogP contribution in [0.5, 0.6) is 0 Å². The van der Waals surface area contributed by atoms with E-state index in [1.54, 1.807) is 0 Å². The zero-order valence-corrected chi connectivity index (χ0v) is 11.5. The van der Waals surface area contributed by atoms with Crippen LogP contribution in [0.4, 0.5) is 0 Å². The third-order valence-corrected chi connectivity index (χ3v) is 4.02. The molecule has 0 aromatic carbocycles. The number of aryl methyl sites for hydroxylation is 1. The maximum absolute atomic E-state index is 4.28. The van der Waals surface area contributed by atoms with E-state index < -0.39 is 0 Å². The average molecular weight is 262 g/mol. The highest BCUT2D eigenvalue weighted by Crippen LogP contribution is 2.17. The number of guanidine groups is 1. The molecular weight excluding hydrogens is 240 g/mol. The summed E-state index contributed by atoms with van der Waals surface area (Å²) in [7, 11) is 1.82. The van der Waals surface area contributed by atoms with Gasteiger partial charge in [0, 0.05) is 26.1 Å². The molecule has 1 saturated carbocycles. The Hall–Kier alpha value is -1.59. The fourth-order valence-corrected chi connectivity index (χ4v) is 2.96. The predicted molar refractivity (Wildman–Crippen MR) is 73.9 cm³/mol. The van der Waals surface area contributed by atoms with Crippen LogP contribution >= 0.6 is 0 Å². The number of nitrogens with one attached hydrogen (secondary N) is 2. The second-order valence-electron chi connectivity index (χ2n) is 5.34. The van der Waals surface area contributed by atoms with Gasteiger partial charge in [-0.3, -0.25) is 4.99 Å². The van der Waals surface area contributed by atoms with Gasteiger partial charge in [-0.1, -0.05) is 12.8 Å². The minimum absolute atomic E-state index is 0.579. The third kappa shape index (κ3) is 2.72. The van der Waals surface area contributed by atoms with Gasteiger partial charge >= 0.3 is 0 Å². The molecule has 3 rings (SSSR count). The quantitative estimate of drug-likeness (QED) is 0.625. The number of hydrogen-bond donors (Lipinski definition) is 2. The van der Waals surface area contributed by atoms with Gasteiger partial charge in [-0.05, 0) is 19.3 Å². The first-order valence-electron chi connectivity index (χ1n) is 7.25. The van der Waals surface area contributed by atoms with E-state index in [9.17, 15) is 0 Å². The summed E-state index contributed by atoms with van der Waals surface area (Å²) >= 11 is 0. The average Bonchev–Trinajstić information content (AvgIpc) is 3.12. The van der Waals surface area contributed by atoms with E-state index in [0.717, 1.165) is 30.6 Å². The van der Waals surface area contributed by atoms with Crippen molar-refractivity contribution in [1.82, 2.24) is 25.4 Å². The summed E-state index contributed by atoms with van der Waals surface area (Å²) in [5, 5.41) is 15.3. The Balaban J connectivity index is 1.55. The van der Waals surface area contributed by atoms with Crippen molar-refractivity contribution in [3.05, 3.63) is 11.6 Å². The largest absolute Gasteiger partial charge is 0.354 e. The summed E-state index contributed by atoms with van der Waals surface area (Å²) in [5.74, 6) is 3.01. The van der Waals surface area contributed by atoms with Gasteiger partial charge in [-0.25, -0.2) is 0 Å². The molecule has 0 saturated heterocycles. The summed E-state index contributed by atoms with van der Waals surface area (Å²) in [6.45, 7) is 1.74. The maximum atomic E-state index is 4.28. The molecule has 0 unspecified atom stereocenters. The molecule has 6 heteroatoms. The molecule has 1 aromatic rings. The lowest BCUT2D eigenvalue weighted by molar-refractivity contribution is 0.604. The van der Waals surface area contributed by atoms with Gasteiger partial charge in [0.15, 0.2) is 11.8 Å². The molecule has 19 heavy (non-hydrogen) atoms. The molecule has 0 bridgehead atoms. The summed E-state index contributed by atoms with van der Waals surface area (Å²) in [4.78, 5) is 4.28. The van der Waals surface area contributed by atoms with Crippen LogP contribution in [0.15, 0.2) is 4.99 Å². The van der Waals surface area contributed by atoms with Crippen molar-refractivity contribution in [2.75, 3.05) is 7.05 Å². The van der Waals surface area contributed by atoms with Crippen LogP contribution in [0.1, 0.15) is 43.8 Å². The molecule has 0 amide bonds. The smallest absolute Gasteiger partial charge is 0.191 e. The van der Waals surface area contributed by atoms with Gasteiger partial charge in [0.25, 0.3) is 0 Å². The Morgan fingerprint density at radius 2 is 2.16 bits per heavy atom. The number of rotatable bonds is 3. The molecule has 1 aliphatic carbocycles. The topological polar surface area (TPSA) is 67.1 Å². The van der Waals surface area contributed by atoms with Crippen LogP contribution in [-0.2, 0) is 19.5 Å². The van der Waals surface area contributed by atoms with E-state index in [2.05, 4.69) is 30.4 Å². The van der Waals surface area contributed by atoms with Gasteiger partial charge in [-0.2, -0.15) is 0 Å². The van der Waals surface area contributed by atoms with Crippen molar-refractivity contribution in [1.29, 1.82) is 0 Å². The van der Waals surface area contributed by atoms with E-state index in [-0.39, 0.29) is 0 Å². The van der Waals surface area contributed by atoms with Crippen LogP contribution in [-0.4, -0.2) is 33.8 Å².